The molecule has 6 nitrogen and oxygen atoms in total. The summed E-state index contributed by atoms with van der Waals surface area (Å²) in [5.74, 6) is 0.629. The maximum absolute atomic E-state index is 11.6. The zero-order valence-corrected chi connectivity index (χ0v) is 23.5. The van der Waals surface area contributed by atoms with Gasteiger partial charge in [-0.3, -0.25) is 0 Å². The second kappa shape index (κ2) is 14.3. The lowest BCUT2D eigenvalue weighted by Crippen LogP contribution is -2.38. The summed E-state index contributed by atoms with van der Waals surface area (Å²) in [5, 5.41) is 0. The van der Waals surface area contributed by atoms with Crippen LogP contribution in [0.3, 0.4) is 0 Å². The van der Waals surface area contributed by atoms with Gasteiger partial charge in [0, 0.05) is 22.6 Å². The van der Waals surface area contributed by atoms with E-state index in [9.17, 15) is 14.4 Å². The summed E-state index contributed by atoms with van der Waals surface area (Å²) < 4.78 is 15.1. The van der Waals surface area contributed by atoms with E-state index in [0.717, 1.165) is 6.42 Å². The predicted molar refractivity (Wildman–Crippen MR) is 141 cm³/mol. The Kier molecular flexibility index (Phi) is 13.3. The lowest BCUT2D eigenvalue weighted by atomic mass is 9.70. The minimum Gasteiger partial charge on any atom is -0.462 e. The molecule has 2 fully saturated rings. The summed E-state index contributed by atoms with van der Waals surface area (Å²) in [6, 6.07) is 0. The molecule has 1 unspecified atom stereocenters. The van der Waals surface area contributed by atoms with Crippen LogP contribution in [0.25, 0.3) is 0 Å². The smallest absolute Gasteiger partial charge is 0.333 e. The van der Waals surface area contributed by atoms with Gasteiger partial charge in [-0.05, 0) is 56.3 Å². The van der Waals surface area contributed by atoms with Crippen molar-refractivity contribution in [3.8, 4) is 0 Å². The second-order valence-corrected chi connectivity index (χ2v) is 11.3. The van der Waals surface area contributed by atoms with Gasteiger partial charge in [0.1, 0.15) is 6.10 Å². The first-order chi connectivity index (χ1) is 16.0. The molecule has 2 aliphatic rings. The Hall–Kier alpha value is -2.37. The Morgan fingerprint density at radius 3 is 1.74 bits per heavy atom. The van der Waals surface area contributed by atoms with Gasteiger partial charge in [0.2, 0.25) is 0 Å². The van der Waals surface area contributed by atoms with Gasteiger partial charge >= 0.3 is 17.9 Å². The number of hydrogen-bond donors (Lipinski definition) is 0. The van der Waals surface area contributed by atoms with E-state index in [1.807, 2.05) is 27.7 Å². The van der Waals surface area contributed by atoms with Gasteiger partial charge in [-0.2, -0.15) is 0 Å². The van der Waals surface area contributed by atoms with Crippen molar-refractivity contribution in [1.82, 2.24) is 0 Å². The molecule has 3 atom stereocenters. The third-order valence-electron chi connectivity index (χ3n) is 6.93. The average Bonchev–Trinajstić information content (AvgIpc) is 3.09. The van der Waals surface area contributed by atoms with Crippen molar-refractivity contribution in [2.45, 2.75) is 87.7 Å². The molecule has 200 valence electrons. The first-order valence-corrected chi connectivity index (χ1v) is 12.5. The van der Waals surface area contributed by atoms with Crippen LogP contribution in [0.5, 0.6) is 0 Å². The third kappa shape index (κ3) is 10.0. The van der Waals surface area contributed by atoms with Crippen LogP contribution in [0, 0.1) is 28.6 Å². The topological polar surface area (TPSA) is 78.9 Å². The van der Waals surface area contributed by atoms with Crippen molar-refractivity contribution in [3.05, 3.63) is 37.0 Å². The summed E-state index contributed by atoms with van der Waals surface area (Å²) in [5.41, 5.74) is 1.42. The molecule has 2 aliphatic carbocycles. The molecule has 2 saturated carbocycles. The van der Waals surface area contributed by atoms with Gasteiger partial charge in [0.15, 0.2) is 0 Å². The molecule has 0 spiro atoms. The number of rotatable bonds is 8. The zero-order chi connectivity index (χ0) is 27.6. The number of ether oxygens (including phenoxy) is 3. The predicted octanol–water partition coefficient (Wildman–Crippen LogP) is 6.45. The summed E-state index contributed by atoms with van der Waals surface area (Å²) in [4.78, 5) is 32.7. The van der Waals surface area contributed by atoms with E-state index in [0.29, 0.717) is 47.5 Å². The fourth-order valence-electron chi connectivity index (χ4n) is 4.21. The highest BCUT2D eigenvalue weighted by atomic mass is 16.5. The van der Waals surface area contributed by atoms with Gasteiger partial charge in [0.25, 0.3) is 0 Å². The summed E-state index contributed by atoms with van der Waals surface area (Å²) >= 11 is 0. The monoisotopic (exact) mass is 492 g/mol. The normalized spacial score (nSPS) is 23.3. The van der Waals surface area contributed by atoms with Crippen LogP contribution < -0.4 is 0 Å². The van der Waals surface area contributed by atoms with E-state index in [-0.39, 0.29) is 29.4 Å². The molecular weight excluding hydrogens is 444 g/mol. The van der Waals surface area contributed by atoms with Crippen molar-refractivity contribution >= 4 is 17.9 Å². The molecule has 0 aromatic rings. The molecule has 0 N–H and O–H groups in total. The van der Waals surface area contributed by atoms with Gasteiger partial charge in [-0.25, -0.2) is 14.4 Å². The van der Waals surface area contributed by atoms with Crippen molar-refractivity contribution in [2.24, 2.45) is 28.6 Å². The molecule has 2 rings (SSSR count). The molecule has 0 aromatic heterocycles. The van der Waals surface area contributed by atoms with Gasteiger partial charge in [-0.1, -0.05) is 68.2 Å². The van der Waals surface area contributed by atoms with Gasteiger partial charge in [-0.15, -0.1) is 0 Å². The molecule has 6 heteroatoms. The largest absolute Gasteiger partial charge is 0.462 e. The van der Waals surface area contributed by atoms with Gasteiger partial charge < -0.3 is 14.2 Å². The van der Waals surface area contributed by atoms with Crippen LogP contribution in [0.2, 0.25) is 0 Å². The first-order valence-electron chi connectivity index (χ1n) is 12.5. The van der Waals surface area contributed by atoms with Crippen molar-refractivity contribution in [1.29, 1.82) is 0 Å². The van der Waals surface area contributed by atoms with E-state index < -0.39 is 0 Å². The highest BCUT2D eigenvalue weighted by Gasteiger charge is 2.62. The van der Waals surface area contributed by atoms with E-state index in [2.05, 4.69) is 40.5 Å². The van der Waals surface area contributed by atoms with Crippen molar-refractivity contribution in [2.75, 3.05) is 13.2 Å². The second-order valence-electron chi connectivity index (χ2n) is 11.3. The SMILES string of the molecule is C=C(C)C(=O)OC1C[C@H]2CC[C@]1(C)C2(C)C.C=C(C)C(=O)OCC(C)C.C=CC(=O)OCC(C)C. The van der Waals surface area contributed by atoms with E-state index in [1.54, 1.807) is 13.8 Å². The Bertz CT molecular complexity index is 776. The maximum atomic E-state index is 11.6. The maximum Gasteiger partial charge on any atom is 0.333 e. The minimum absolute atomic E-state index is 0.0884. The molecule has 0 aromatic carbocycles. The number of hydrogen-bond acceptors (Lipinski definition) is 6. The minimum atomic E-state index is -0.344. The van der Waals surface area contributed by atoms with Crippen LogP contribution in [0.1, 0.15) is 81.6 Å². The molecule has 0 saturated heterocycles. The van der Waals surface area contributed by atoms with Crippen LogP contribution >= 0.6 is 0 Å². The third-order valence-corrected chi connectivity index (χ3v) is 6.93. The fourth-order valence-corrected chi connectivity index (χ4v) is 4.21. The first kappa shape index (κ1) is 32.6. The fraction of sp³-hybridized carbons (Fsp3) is 0.690. The van der Waals surface area contributed by atoms with E-state index >= 15 is 0 Å². The summed E-state index contributed by atoms with van der Waals surface area (Å²) in [7, 11) is 0. The zero-order valence-electron chi connectivity index (χ0n) is 23.5. The molecule has 0 radical (unpaired) electrons. The number of carbonyl (C=O) groups excluding carboxylic acids is 3. The molecule has 35 heavy (non-hydrogen) atoms. The number of carbonyl (C=O) groups is 3. The van der Waals surface area contributed by atoms with Crippen LogP contribution in [0.4, 0.5) is 0 Å². The van der Waals surface area contributed by atoms with Crippen LogP contribution in [-0.4, -0.2) is 37.2 Å². The Labute approximate surface area is 213 Å². The molecule has 2 bridgehead atoms. The Morgan fingerprint density at radius 2 is 1.40 bits per heavy atom. The Balaban J connectivity index is 0.000000531. The van der Waals surface area contributed by atoms with Crippen LogP contribution in [0.15, 0.2) is 37.0 Å². The highest BCUT2D eigenvalue weighted by molar-refractivity contribution is 5.87. The van der Waals surface area contributed by atoms with E-state index in [4.69, 9.17) is 14.2 Å². The lowest BCUT2D eigenvalue weighted by Gasteiger charge is -2.38. The summed E-state index contributed by atoms with van der Waals surface area (Å²) in [6.45, 7) is 29.5. The van der Waals surface area contributed by atoms with Crippen molar-refractivity contribution in [3.63, 3.8) is 0 Å². The van der Waals surface area contributed by atoms with Crippen molar-refractivity contribution < 1.29 is 28.6 Å². The Morgan fingerprint density at radius 1 is 0.914 bits per heavy atom. The van der Waals surface area contributed by atoms with Crippen LogP contribution in [-0.2, 0) is 28.6 Å². The molecule has 0 heterocycles. The standard InChI is InChI=1S/C14H22O2.C8H14O2.C7H12O2/c1-9(2)12(15)16-11-8-10-6-7-14(11,5)13(10,3)4;1-6(2)5-10-8(9)7(3)4;1-4-7(8)9-5-6(2)3/h10-11H,1,6-8H2,2-5H3;6H,3,5H2,1-2,4H3;4,6H,1,5H2,2-3H3/t10-,11?,14+;;/m1../s1. The quantitative estimate of drug-likeness (QED) is 0.220. The van der Waals surface area contributed by atoms with E-state index in [1.165, 1.54) is 18.9 Å². The molecular formula is C29H48O6. The lowest BCUT2D eigenvalue weighted by molar-refractivity contribution is -0.152. The highest BCUT2D eigenvalue weighted by Crippen LogP contribution is 2.66. The molecule has 0 aliphatic heterocycles. The number of esters is 3. The number of fused-ring (bicyclic) bond motifs is 2. The van der Waals surface area contributed by atoms with Gasteiger partial charge in [0.05, 0.1) is 13.2 Å². The molecule has 0 amide bonds. The average molecular weight is 493 g/mol. The summed E-state index contributed by atoms with van der Waals surface area (Å²) in [6.07, 6.45) is 4.75.